The van der Waals surface area contributed by atoms with Gasteiger partial charge in [0.25, 0.3) is 5.91 Å². The predicted molar refractivity (Wildman–Crippen MR) is 167 cm³/mol. The Hall–Kier alpha value is -4.89. The number of carbonyl (C=O) groups excluding carboxylic acids is 2. The molecule has 14 nitrogen and oxygen atoms in total. The van der Waals surface area contributed by atoms with Crippen molar-refractivity contribution in [1.82, 2.24) is 35.3 Å². The number of methoxy groups -OCH3 is 1. The average molecular weight is 657 g/mol. The zero-order valence-corrected chi connectivity index (χ0v) is 26.1. The number of benzene rings is 1. The van der Waals surface area contributed by atoms with Crippen LogP contribution in [-0.2, 0) is 22.7 Å². The number of nitrogens with one attached hydrogen (secondary N) is 3. The van der Waals surface area contributed by atoms with E-state index in [2.05, 4.69) is 35.9 Å². The average Bonchev–Trinajstić information content (AvgIpc) is 3.71. The summed E-state index contributed by atoms with van der Waals surface area (Å²) in [6.07, 6.45) is 2.82. The molecule has 1 saturated carbocycles. The highest BCUT2D eigenvalue weighted by Gasteiger charge is 2.26. The standard InChI is InChI=1S/C30H33ClFN9O5/c1-30(2,3)46-29(43)37-24-11-17(32)10-18(35-24)14-45-13-16-8-20(27-34-15-41(40-27)19-6-7-19)26(44-5)22(9-16)36-21-12-23(31)38-39-25(21)28(42)33-4/h8-12,15,19H,6-7,13-14H2,1-5H3,(H,33,42)(H,36,38)(H,35,37,43)/i4D3. The van der Waals surface area contributed by atoms with Gasteiger partial charge in [0.05, 0.1) is 49.0 Å². The van der Waals surface area contributed by atoms with E-state index in [4.69, 9.17) is 29.9 Å². The molecule has 1 aromatic carbocycles. The van der Waals surface area contributed by atoms with Crippen LogP contribution in [0, 0.1) is 5.82 Å². The van der Waals surface area contributed by atoms with E-state index in [1.807, 2.05) is 5.32 Å². The van der Waals surface area contributed by atoms with E-state index in [-0.39, 0.29) is 53.1 Å². The number of carbonyl (C=O) groups is 2. The van der Waals surface area contributed by atoms with Crippen molar-refractivity contribution in [1.29, 1.82) is 0 Å². The molecule has 5 rings (SSSR count). The Morgan fingerprint density at radius 1 is 1.13 bits per heavy atom. The number of nitrogens with zero attached hydrogens (tertiary/aromatic N) is 6. The smallest absolute Gasteiger partial charge is 0.413 e. The fraction of sp³-hybridized carbons (Fsp3) is 0.367. The van der Waals surface area contributed by atoms with Crippen LogP contribution < -0.4 is 20.7 Å². The van der Waals surface area contributed by atoms with Gasteiger partial charge in [-0.15, -0.1) is 10.2 Å². The van der Waals surface area contributed by atoms with Gasteiger partial charge in [-0.25, -0.2) is 23.8 Å². The normalized spacial score (nSPS) is 14.1. The van der Waals surface area contributed by atoms with Gasteiger partial charge >= 0.3 is 6.09 Å². The summed E-state index contributed by atoms with van der Waals surface area (Å²) in [6, 6.07) is 7.22. The highest BCUT2D eigenvalue weighted by molar-refractivity contribution is 6.29. The molecule has 1 aliphatic carbocycles. The lowest BCUT2D eigenvalue weighted by atomic mass is 10.1. The van der Waals surface area contributed by atoms with Gasteiger partial charge in [0.15, 0.2) is 22.4 Å². The molecule has 0 unspecified atom stereocenters. The zero-order valence-electron chi connectivity index (χ0n) is 28.4. The molecular formula is C30H33ClFN9O5. The molecule has 4 aromatic rings. The third-order valence-corrected chi connectivity index (χ3v) is 6.56. The number of aromatic nitrogens is 6. The van der Waals surface area contributed by atoms with Crippen LogP contribution in [0.5, 0.6) is 5.75 Å². The molecule has 1 fully saturated rings. The second kappa shape index (κ2) is 13.6. The van der Waals surface area contributed by atoms with Crippen molar-refractivity contribution in [3.63, 3.8) is 0 Å². The number of halogens is 2. The maximum absolute atomic E-state index is 14.4. The summed E-state index contributed by atoms with van der Waals surface area (Å²) in [6.45, 7) is 2.15. The molecule has 0 saturated heterocycles. The molecule has 3 N–H and O–H groups in total. The second-order valence-corrected chi connectivity index (χ2v) is 11.7. The number of amides is 2. The van der Waals surface area contributed by atoms with Gasteiger partial charge in [0.1, 0.15) is 23.6 Å². The number of anilines is 3. The molecule has 0 atom stereocenters. The van der Waals surface area contributed by atoms with Crippen molar-refractivity contribution in [2.75, 3.05) is 24.7 Å². The third kappa shape index (κ3) is 8.22. The molecule has 1 aliphatic rings. The van der Waals surface area contributed by atoms with Gasteiger partial charge in [-0.2, -0.15) is 5.10 Å². The van der Waals surface area contributed by atoms with Gasteiger partial charge < -0.3 is 24.8 Å². The topological polar surface area (TPSA) is 167 Å². The Kier molecular flexibility index (Phi) is 8.46. The summed E-state index contributed by atoms with van der Waals surface area (Å²) >= 11 is 6.10. The maximum atomic E-state index is 14.4. The number of ether oxygens (including phenoxy) is 3. The molecule has 46 heavy (non-hydrogen) atoms. The first kappa shape index (κ1) is 28.6. The monoisotopic (exact) mass is 656 g/mol. The van der Waals surface area contributed by atoms with Gasteiger partial charge in [0.2, 0.25) is 0 Å². The number of hydrogen-bond donors (Lipinski definition) is 3. The van der Waals surface area contributed by atoms with E-state index in [1.165, 1.54) is 19.2 Å². The first-order chi connectivity index (χ1) is 23.1. The Morgan fingerprint density at radius 3 is 2.65 bits per heavy atom. The molecule has 0 spiro atoms. The minimum absolute atomic E-state index is 0.0240. The Morgan fingerprint density at radius 2 is 1.93 bits per heavy atom. The molecule has 0 bridgehead atoms. The van der Waals surface area contributed by atoms with Gasteiger partial charge in [0, 0.05) is 23.2 Å². The van der Waals surface area contributed by atoms with Gasteiger partial charge in [-0.05, 0) is 57.4 Å². The van der Waals surface area contributed by atoms with Gasteiger partial charge in [-0.1, -0.05) is 11.6 Å². The second-order valence-electron chi connectivity index (χ2n) is 11.3. The summed E-state index contributed by atoms with van der Waals surface area (Å²) in [5.41, 5.74) is 0.494. The Labute approximate surface area is 273 Å². The van der Waals surface area contributed by atoms with Crippen molar-refractivity contribution in [2.45, 2.75) is 58.5 Å². The van der Waals surface area contributed by atoms with Crippen molar-refractivity contribution in [3.8, 4) is 17.1 Å². The van der Waals surface area contributed by atoms with Crippen molar-refractivity contribution in [3.05, 3.63) is 64.6 Å². The quantitative estimate of drug-likeness (QED) is 0.188. The fourth-order valence-electron chi connectivity index (χ4n) is 4.37. The lowest BCUT2D eigenvalue weighted by Gasteiger charge is -2.19. The molecule has 16 heteroatoms. The highest BCUT2D eigenvalue weighted by Crippen LogP contribution is 2.40. The molecule has 242 valence electrons. The molecule has 2 amide bonds. The summed E-state index contributed by atoms with van der Waals surface area (Å²) in [5.74, 6) is -1.07. The minimum atomic E-state index is -2.78. The van der Waals surface area contributed by atoms with E-state index in [0.717, 1.165) is 18.9 Å². The fourth-order valence-corrected chi connectivity index (χ4v) is 4.52. The van der Waals surface area contributed by atoms with E-state index < -0.39 is 30.4 Å². The van der Waals surface area contributed by atoms with Crippen LogP contribution in [0.1, 0.15) is 65.5 Å². The van der Waals surface area contributed by atoms with Crippen LogP contribution in [0.2, 0.25) is 5.15 Å². The van der Waals surface area contributed by atoms with Crippen LogP contribution in [0.4, 0.5) is 26.4 Å². The van der Waals surface area contributed by atoms with E-state index in [1.54, 1.807) is 43.9 Å². The summed E-state index contributed by atoms with van der Waals surface area (Å²) in [4.78, 5) is 33.7. The first-order valence-electron chi connectivity index (χ1n) is 15.6. The molecule has 3 heterocycles. The van der Waals surface area contributed by atoms with E-state index in [0.29, 0.717) is 22.6 Å². The maximum Gasteiger partial charge on any atom is 0.413 e. The summed E-state index contributed by atoms with van der Waals surface area (Å²) in [7, 11) is 1.44. The predicted octanol–water partition coefficient (Wildman–Crippen LogP) is 5.43. The molecule has 0 radical (unpaired) electrons. The van der Waals surface area contributed by atoms with Crippen LogP contribution in [0.25, 0.3) is 11.4 Å². The minimum Gasteiger partial charge on any atom is -0.494 e. The summed E-state index contributed by atoms with van der Waals surface area (Å²) in [5, 5.41) is 19.4. The lowest BCUT2D eigenvalue weighted by molar-refractivity contribution is 0.0634. The van der Waals surface area contributed by atoms with Crippen molar-refractivity contribution < 1.29 is 32.3 Å². The number of hydrogen-bond acceptors (Lipinski definition) is 11. The molecule has 3 aromatic heterocycles. The molecule has 0 aliphatic heterocycles. The van der Waals surface area contributed by atoms with Crippen molar-refractivity contribution >= 4 is 40.8 Å². The Bertz CT molecular complexity index is 1870. The highest BCUT2D eigenvalue weighted by atomic mass is 35.5. The molecular weight excluding hydrogens is 621 g/mol. The van der Waals surface area contributed by atoms with Crippen LogP contribution in [0.3, 0.4) is 0 Å². The SMILES string of the molecule is [2H]C([2H])([2H])NC(=O)c1nnc(Cl)cc1Nc1cc(COCc2cc(F)cc(NC(=O)OC(C)(C)C)n2)cc(-c2ncn(C3CC3)n2)c1OC. The van der Waals surface area contributed by atoms with Gasteiger partial charge in [-0.3, -0.25) is 10.1 Å². The van der Waals surface area contributed by atoms with Crippen molar-refractivity contribution in [2.24, 2.45) is 0 Å². The Balaban J connectivity index is 1.44. The summed E-state index contributed by atoms with van der Waals surface area (Å²) < 4.78 is 55.3. The van der Waals surface area contributed by atoms with E-state index in [9.17, 15) is 14.0 Å². The first-order valence-corrected chi connectivity index (χ1v) is 14.4. The van der Waals surface area contributed by atoms with Crippen LogP contribution >= 0.6 is 11.6 Å². The number of pyridine rings is 1. The van der Waals surface area contributed by atoms with E-state index >= 15 is 0 Å². The van der Waals surface area contributed by atoms with Crippen LogP contribution in [-0.4, -0.2) is 61.6 Å². The van der Waals surface area contributed by atoms with Crippen LogP contribution in [0.15, 0.2) is 36.7 Å². The third-order valence-electron chi connectivity index (χ3n) is 6.38. The largest absolute Gasteiger partial charge is 0.494 e. The lowest BCUT2D eigenvalue weighted by Crippen LogP contribution is -2.27. The zero-order chi connectivity index (χ0) is 35.5. The number of rotatable bonds is 11.